The lowest BCUT2D eigenvalue weighted by Gasteiger charge is -2.39. The highest BCUT2D eigenvalue weighted by molar-refractivity contribution is 4.84. The van der Waals surface area contributed by atoms with Crippen LogP contribution in [-0.4, -0.2) is 48.6 Å². The number of rotatable bonds is 2. The molecule has 0 spiro atoms. The van der Waals surface area contributed by atoms with Gasteiger partial charge >= 0.3 is 0 Å². The van der Waals surface area contributed by atoms with Gasteiger partial charge in [0, 0.05) is 6.04 Å². The van der Waals surface area contributed by atoms with Crippen molar-refractivity contribution in [2.75, 3.05) is 14.1 Å². The fraction of sp³-hybridized carbons (Fsp3) is 1.00. The molecule has 1 heterocycles. The van der Waals surface area contributed by atoms with Gasteiger partial charge in [0.25, 0.3) is 0 Å². The topological polar surface area (TPSA) is 68.0 Å². The van der Waals surface area contributed by atoms with E-state index in [2.05, 4.69) is 4.84 Å². The Balaban J connectivity index is 2.63. The normalized spacial score (nSPS) is 41.1. The van der Waals surface area contributed by atoms with Crippen LogP contribution < -0.4 is 5.90 Å². The van der Waals surface area contributed by atoms with Crippen LogP contribution in [0.5, 0.6) is 0 Å². The molecule has 0 saturated carbocycles. The molecule has 3 N–H and O–H groups in total. The zero-order chi connectivity index (χ0) is 10.0. The maximum Gasteiger partial charge on any atom is 0.204 e. The Morgan fingerprint density at radius 2 is 2.15 bits per heavy atom. The van der Waals surface area contributed by atoms with E-state index in [9.17, 15) is 5.11 Å². The maximum absolute atomic E-state index is 9.75. The first-order chi connectivity index (χ1) is 6.06. The lowest BCUT2D eigenvalue weighted by atomic mass is 9.99. The molecule has 1 rings (SSSR count). The number of ether oxygens (including phenoxy) is 1. The fourth-order valence-corrected chi connectivity index (χ4v) is 1.65. The molecule has 4 unspecified atom stereocenters. The summed E-state index contributed by atoms with van der Waals surface area (Å²) < 4.78 is 5.30. The van der Waals surface area contributed by atoms with E-state index in [4.69, 9.17) is 10.6 Å². The van der Waals surface area contributed by atoms with Crippen LogP contribution in [0.25, 0.3) is 0 Å². The summed E-state index contributed by atoms with van der Waals surface area (Å²) in [6, 6.07) is 0.0392. The summed E-state index contributed by atoms with van der Waals surface area (Å²) in [6.45, 7) is 1.94. The van der Waals surface area contributed by atoms with E-state index in [1.807, 2.05) is 25.9 Å². The summed E-state index contributed by atoms with van der Waals surface area (Å²) in [5.41, 5.74) is 0. The van der Waals surface area contributed by atoms with Crippen molar-refractivity contribution >= 4 is 0 Å². The number of aliphatic hydroxyl groups excluding tert-OH is 1. The van der Waals surface area contributed by atoms with Gasteiger partial charge in [-0.2, -0.15) is 0 Å². The molecule has 0 aromatic rings. The molecule has 0 aliphatic carbocycles. The zero-order valence-electron chi connectivity index (χ0n) is 8.30. The van der Waals surface area contributed by atoms with Crippen LogP contribution in [0, 0.1) is 0 Å². The van der Waals surface area contributed by atoms with Gasteiger partial charge in [-0.1, -0.05) is 0 Å². The first-order valence-electron chi connectivity index (χ1n) is 4.41. The molecule has 5 heteroatoms. The number of aliphatic hydroxyl groups is 1. The average molecular weight is 190 g/mol. The first-order valence-corrected chi connectivity index (χ1v) is 4.41. The van der Waals surface area contributed by atoms with Gasteiger partial charge in [0.2, 0.25) is 6.29 Å². The quantitative estimate of drug-likeness (QED) is 0.564. The molecule has 0 bridgehead atoms. The molecule has 1 fully saturated rings. The molecule has 0 aromatic carbocycles. The minimum atomic E-state index is -0.712. The third-order valence-corrected chi connectivity index (χ3v) is 2.41. The van der Waals surface area contributed by atoms with Crippen molar-refractivity contribution in [3.63, 3.8) is 0 Å². The van der Waals surface area contributed by atoms with Crippen molar-refractivity contribution in [1.82, 2.24) is 4.90 Å². The molecule has 1 aliphatic rings. The lowest BCUT2D eigenvalue weighted by Crippen LogP contribution is -2.54. The number of likely N-dealkylation sites (N-methyl/N-ethyl adjacent to an activating group) is 1. The smallest absolute Gasteiger partial charge is 0.204 e. The summed E-state index contributed by atoms with van der Waals surface area (Å²) in [5, 5.41) is 9.75. The minimum absolute atomic E-state index is 0.0392. The Morgan fingerprint density at radius 1 is 1.54 bits per heavy atom. The van der Waals surface area contributed by atoms with Crippen LogP contribution in [0.1, 0.15) is 13.3 Å². The van der Waals surface area contributed by atoms with Gasteiger partial charge < -0.3 is 14.7 Å². The third kappa shape index (κ3) is 2.38. The second-order valence-corrected chi connectivity index (χ2v) is 3.71. The molecule has 5 nitrogen and oxygen atoms in total. The van der Waals surface area contributed by atoms with E-state index in [-0.39, 0.29) is 12.1 Å². The predicted octanol–water partition coefficient (Wildman–Crippen LogP) is -0.697. The van der Waals surface area contributed by atoms with Gasteiger partial charge in [-0.25, -0.2) is 5.90 Å². The fourth-order valence-electron chi connectivity index (χ4n) is 1.65. The zero-order valence-corrected chi connectivity index (χ0v) is 8.30. The summed E-state index contributed by atoms with van der Waals surface area (Å²) in [6.07, 6.45) is -0.551. The van der Waals surface area contributed by atoms with Crippen LogP contribution in [0.4, 0.5) is 0 Å². The summed E-state index contributed by atoms with van der Waals surface area (Å²) in [5.74, 6) is 5.01. The van der Waals surface area contributed by atoms with E-state index in [1.165, 1.54) is 0 Å². The first kappa shape index (κ1) is 10.9. The summed E-state index contributed by atoms with van der Waals surface area (Å²) in [4.78, 5) is 6.51. The molecular weight excluding hydrogens is 172 g/mol. The molecule has 4 atom stereocenters. The molecular formula is C8H18N2O3. The number of nitrogens with zero attached hydrogens (tertiary/aromatic N) is 1. The Hall–Kier alpha value is -0.200. The van der Waals surface area contributed by atoms with E-state index >= 15 is 0 Å². The third-order valence-electron chi connectivity index (χ3n) is 2.41. The highest BCUT2D eigenvalue weighted by Crippen LogP contribution is 2.22. The van der Waals surface area contributed by atoms with Crippen LogP contribution in [0.2, 0.25) is 0 Å². The Labute approximate surface area is 78.4 Å². The van der Waals surface area contributed by atoms with Crippen LogP contribution >= 0.6 is 0 Å². The van der Waals surface area contributed by atoms with E-state index in [1.54, 1.807) is 0 Å². The average Bonchev–Trinajstić information content (AvgIpc) is 2.08. The molecule has 1 saturated heterocycles. The van der Waals surface area contributed by atoms with Crippen molar-refractivity contribution in [3.05, 3.63) is 0 Å². The maximum atomic E-state index is 9.75. The second-order valence-electron chi connectivity index (χ2n) is 3.71. The van der Waals surface area contributed by atoms with Gasteiger partial charge in [0.15, 0.2) is 0 Å². The van der Waals surface area contributed by atoms with Crippen molar-refractivity contribution in [3.8, 4) is 0 Å². The lowest BCUT2D eigenvalue weighted by molar-refractivity contribution is -0.254. The number of nitrogens with two attached hydrogens (primary N) is 1. The Kier molecular flexibility index (Phi) is 3.63. The Morgan fingerprint density at radius 3 is 2.62 bits per heavy atom. The van der Waals surface area contributed by atoms with Crippen LogP contribution in [0.15, 0.2) is 0 Å². The van der Waals surface area contributed by atoms with Gasteiger partial charge in [-0.3, -0.25) is 4.84 Å². The van der Waals surface area contributed by atoms with Gasteiger partial charge in [-0.15, -0.1) is 0 Å². The van der Waals surface area contributed by atoms with Crippen molar-refractivity contribution < 1.29 is 14.7 Å². The SMILES string of the molecule is CC1CC(N(C)C)C(O)C(ON)O1. The standard InChI is InChI=1S/C8H18N2O3/c1-5-4-6(10(2)3)7(11)8(12-5)13-9/h5-8,11H,4,9H2,1-3H3. The molecule has 0 radical (unpaired) electrons. The number of hydrogen-bond donors (Lipinski definition) is 2. The van der Waals surface area contributed by atoms with Gasteiger partial charge in [-0.05, 0) is 27.4 Å². The van der Waals surface area contributed by atoms with E-state index < -0.39 is 12.4 Å². The number of hydrogen-bond acceptors (Lipinski definition) is 5. The molecule has 0 aromatic heterocycles. The summed E-state index contributed by atoms with van der Waals surface area (Å²) >= 11 is 0. The Bertz CT molecular complexity index is 165. The minimum Gasteiger partial charge on any atom is -0.386 e. The molecule has 1 aliphatic heterocycles. The predicted molar refractivity (Wildman–Crippen MR) is 47.7 cm³/mol. The van der Waals surface area contributed by atoms with Crippen LogP contribution in [-0.2, 0) is 9.57 Å². The molecule has 0 amide bonds. The van der Waals surface area contributed by atoms with E-state index in [0.29, 0.717) is 0 Å². The van der Waals surface area contributed by atoms with Crippen molar-refractivity contribution in [2.45, 2.75) is 37.9 Å². The largest absolute Gasteiger partial charge is 0.386 e. The van der Waals surface area contributed by atoms with Crippen molar-refractivity contribution in [1.29, 1.82) is 0 Å². The molecule has 78 valence electrons. The second kappa shape index (κ2) is 4.34. The highest BCUT2D eigenvalue weighted by Gasteiger charge is 2.37. The molecule has 13 heavy (non-hydrogen) atoms. The van der Waals surface area contributed by atoms with Gasteiger partial charge in [0.05, 0.1) is 6.10 Å². The summed E-state index contributed by atoms with van der Waals surface area (Å²) in [7, 11) is 3.83. The van der Waals surface area contributed by atoms with E-state index in [0.717, 1.165) is 6.42 Å². The highest BCUT2D eigenvalue weighted by atomic mass is 16.8. The van der Waals surface area contributed by atoms with Crippen molar-refractivity contribution in [2.24, 2.45) is 5.90 Å². The monoisotopic (exact) mass is 190 g/mol. The van der Waals surface area contributed by atoms with Crippen LogP contribution in [0.3, 0.4) is 0 Å². The van der Waals surface area contributed by atoms with Gasteiger partial charge in [0.1, 0.15) is 6.10 Å².